The van der Waals surface area contributed by atoms with Gasteiger partial charge in [0.25, 0.3) is 0 Å². The van der Waals surface area contributed by atoms with Crippen LogP contribution >= 0.6 is 12.4 Å². The summed E-state index contributed by atoms with van der Waals surface area (Å²) in [7, 11) is 0. The van der Waals surface area contributed by atoms with Crippen molar-refractivity contribution in [1.82, 2.24) is 5.32 Å². The van der Waals surface area contributed by atoms with Crippen molar-refractivity contribution in [3.63, 3.8) is 0 Å². The Morgan fingerprint density at radius 3 is 2.81 bits per heavy atom. The lowest BCUT2D eigenvalue weighted by Crippen LogP contribution is -2.48. The van der Waals surface area contributed by atoms with Gasteiger partial charge >= 0.3 is 0 Å². The van der Waals surface area contributed by atoms with E-state index in [-0.39, 0.29) is 36.5 Å². The third-order valence-electron chi connectivity index (χ3n) is 3.37. The fraction of sp³-hybridized carbons (Fsp3) is 0.909. The number of carbonyl (C=O) groups excluding carboxylic acids is 1. The Kier molecular flexibility index (Phi) is 5.02. The molecule has 0 aliphatic carbocycles. The summed E-state index contributed by atoms with van der Waals surface area (Å²) in [5, 5.41) is 3.01. The Labute approximate surface area is 103 Å². The monoisotopic (exact) mass is 248 g/mol. The number of carbonyl (C=O) groups is 1. The number of halogens is 1. The van der Waals surface area contributed by atoms with Gasteiger partial charge in [-0.1, -0.05) is 13.3 Å². The molecule has 0 aromatic heterocycles. The van der Waals surface area contributed by atoms with Gasteiger partial charge in [-0.2, -0.15) is 0 Å². The van der Waals surface area contributed by atoms with E-state index in [2.05, 4.69) is 5.32 Å². The fourth-order valence-corrected chi connectivity index (χ4v) is 2.52. The molecule has 0 spiro atoms. The highest BCUT2D eigenvalue weighted by atomic mass is 35.5. The maximum Gasteiger partial charge on any atom is 0.237 e. The molecule has 2 aliphatic rings. The fourth-order valence-electron chi connectivity index (χ4n) is 2.52. The Hall–Kier alpha value is -0.320. The average molecular weight is 249 g/mol. The van der Waals surface area contributed by atoms with Gasteiger partial charge in [-0.05, 0) is 25.7 Å². The Balaban J connectivity index is 0.00000128. The van der Waals surface area contributed by atoms with Crippen LogP contribution in [0.2, 0.25) is 0 Å². The summed E-state index contributed by atoms with van der Waals surface area (Å²) in [5.41, 5.74) is 5.75. The van der Waals surface area contributed by atoms with E-state index in [1.165, 1.54) is 0 Å². The first-order valence-electron chi connectivity index (χ1n) is 5.92. The second kappa shape index (κ2) is 5.84. The van der Waals surface area contributed by atoms with E-state index in [4.69, 9.17) is 10.5 Å². The predicted octanol–water partition coefficient (Wildman–Crippen LogP) is 0.972. The zero-order valence-electron chi connectivity index (χ0n) is 9.65. The molecule has 16 heavy (non-hydrogen) atoms. The Morgan fingerprint density at radius 1 is 1.56 bits per heavy atom. The highest BCUT2D eigenvalue weighted by Gasteiger charge is 2.41. The number of nitrogens with one attached hydrogen (secondary N) is 1. The average Bonchev–Trinajstić information content (AvgIpc) is 2.79. The van der Waals surface area contributed by atoms with E-state index >= 15 is 0 Å². The van der Waals surface area contributed by atoms with Gasteiger partial charge in [0.05, 0.1) is 24.3 Å². The highest BCUT2D eigenvalue weighted by Crippen LogP contribution is 2.34. The molecule has 0 saturated carbocycles. The number of hydrogen-bond donors (Lipinski definition) is 2. The molecule has 4 nitrogen and oxygen atoms in total. The molecule has 3 N–H and O–H groups in total. The quantitative estimate of drug-likeness (QED) is 0.779. The van der Waals surface area contributed by atoms with Crippen molar-refractivity contribution in [3.05, 3.63) is 0 Å². The van der Waals surface area contributed by atoms with E-state index in [1.54, 1.807) is 0 Å². The van der Waals surface area contributed by atoms with E-state index in [0.717, 1.165) is 32.1 Å². The largest absolute Gasteiger partial charge is 0.373 e. The number of amides is 1. The summed E-state index contributed by atoms with van der Waals surface area (Å²) in [5.74, 6) is -0.0157. The molecule has 2 bridgehead atoms. The Bertz CT molecular complexity index is 250. The smallest absolute Gasteiger partial charge is 0.237 e. The molecule has 0 aromatic carbocycles. The molecule has 2 heterocycles. The van der Waals surface area contributed by atoms with Crippen molar-refractivity contribution in [1.29, 1.82) is 0 Å². The van der Waals surface area contributed by atoms with E-state index in [0.29, 0.717) is 6.10 Å². The zero-order chi connectivity index (χ0) is 10.8. The molecule has 0 aromatic rings. The Morgan fingerprint density at radius 2 is 2.31 bits per heavy atom. The number of hydrogen-bond acceptors (Lipinski definition) is 3. The van der Waals surface area contributed by atoms with E-state index in [9.17, 15) is 4.79 Å². The van der Waals surface area contributed by atoms with Gasteiger partial charge in [-0.3, -0.25) is 4.79 Å². The normalized spacial score (nSPS) is 33.2. The van der Waals surface area contributed by atoms with E-state index < -0.39 is 0 Å². The van der Waals surface area contributed by atoms with Crippen molar-refractivity contribution < 1.29 is 9.53 Å². The summed E-state index contributed by atoms with van der Waals surface area (Å²) in [4.78, 5) is 11.7. The SMILES string of the molecule is CCCC(N)C(=O)NC1CC2CCC1O2.Cl. The molecule has 2 saturated heterocycles. The molecular weight excluding hydrogens is 228 g/mol. The number of rotatable bonds is 4. The first kappa shape index (κ1) is 13.7. The highest BCUT2D eigenvalue weighted by molar-refractivity contribution is 5.85. The molecule has 94 valence electrons. The van der Waals surface area contributed by atoms with Crippen LogP contribution < -0.4 is 11.1 Å². The molecule has 0 radical (unpaired) electrons. The second-order valence-corrected chi connectivity index (χ2v) is 4.62. The van der Waals surface area contributed by atoms with Crippen LogP contribution in [0, 0.1) is 0 Å². The van der Waals surface area contributed by atoms with Crippen LogP contribution in [0.5, 0.6) is 0 Å². The summed E-state index contributed by atoms with van der Waals surface area (Å²) in [6.07, 6.45) is 5.52. The van der Waals surface area contributed by atoms with Crippen LogP contribution in [-0.2, 0) is 9.53 Å². The molecule has 1 amide bonds. The van der Waals surface area contributed by atoms with Gasteiger partial charge in [0, 0.05) is 0 Å². The van der Waals surface area contributed by atoms with Crippen molar-refractivity contribution in [2.24, 2.45) is 5.73 Å². The molecule has 2 rings (SSSR count). The predicted molar refractivity (Wildman–Crippen MR) is 64.6 cm³/mol. The molecule has 2 aliphatic heterocycles. The molecule has 2 fully saturated rings. The topological polar surface area (TPSA) is 64.4 Å². The van der Waals surface area contributed by atoms with Crippen molar-refractivity contribution >= 4 is 18.3 Å². The first-order chi connectivity index (χ1) is 7.20. The minimum Gasteiger partial charge on any atom is -0.373 e. The van der Waals surface area contributed by atoms with Gasteiger partial charge in [0.2, 0.25) is 5.91 Å². The second-order valence-electron chi connectivity index (χ2n) is 4.62. The van der Waals surface area contributed by atoms with Crippen LogP contribution in [0.15, 0.2) is 0 Å². The number of nitrogens with two attached hydrogens (primary N) is 1. The van der Waals surface area contributed by atoms with Crippen LogP contribution in [0.3, 0.4) is 0 Å². The standard InChI is InChI=1S/C11H20N2O2.ClH/c1-2-3-8(12)11(14)13-9-6-7-4-5-10(9)15-7;/h7-10H,2-6,12H2,1H3,(H,13,14);1H. The van der Waals surface area contributed by atoms with Crippen LogP contribution in [0.4, 0.5) is 0 Å². The maximum absolute atomic E-state index is 11.7. The number of fused-ring (bicyclic) bond motifs is 2. The summed E-state index contributed by atoms with van der Waals surface area (Å²) in [6.45, 7) is 2.04. The molecule has 4 unspecified atom stereocenters. The van der Waals surface area contributed by atoms with Crippen LogP contribution in [0.25, 0.3) is 0 Å². The molecular formula is C11H21ClN2O2. The van der Waals surface area contributed by atoms with Gasteiger partial charge in [0.15, 0.2) is 0 Å². The molecule has 4 atom stereocenters. The lowest BCUT2D eigenvalue weighted by molar-refractivity contribution is -0.123. The number of ether oxygens (including phenoxy) is 1. The third kappa shape index (κ3) is 2.87. The summed E-state index contributed by atoms with van der Waals surface area (Å²) in [6, 6.07) is -0.145. The van der Waals surface area contributed by atoms with Crippen LogP contribution in [0.1, 0.15) is 39.0 Å². The minimum atomic E-state index is -0.353. The minimum absolute atomic E-state index is 0. The summed E-state index contributed by atoms with van der Waals surface area (Å²) >= 11 is 0. The lowest BCUT2D eigenvalue weighted by atomic mass is 9.95. The lowest BCUT2D eigenvalue weighted by Gasteiger charge is -2.21. The first-order valence-corrected chi connectivity index (χ1v) is 5.92. The van der Waals surface area contributed by atoms with Crippen molar-refractivity contribution in [2.45, 2.75) is 63.3 Å². The van der Waals surface area contributed by atoms with Gasteiger partial charge in [-0.15, -0.1) is 12.4 Å². The van der Waals surface area contributed by atoms with Crippen molar-refractivity contribution in [3.8, 4) is 0 Å². The molecule has 5 heteroatoms. The van der Waals surface area contributed by atoms with Crippen molar-refractivity contribution in [2.75, 3.05) is 0 Å². The summed E-state index contributed by atoms with van der Waals surface area (Å²) < 4.78 is 5.67. The third-order valence-corrected chi connectivity index (χ3v) is 3.37. The maximum atomic E-state index is 11.7. The van der Waals surface area contributed by atoms with Gasteiger partial charge in [-0.25, -0.2) is 0 Å². The van der Waals surface area contributed by atoms with Gasteiger partial charge < -0.3 is 15.8 Å². The van der Waals surface area contributed by atoms with Crippen LogP contribution in [-0.4, -0.2) is 30.2 Å². The zero-order valence-corrected chi connectivity index (χ0v) is 10.5. The van der Waals surface area contributed by atoms with E-state index in [1.807, 2.05) is 6.92 Å². The van der Waals surface area contributed by atoms with Gasteiger partial charge in [0.1, 0.15) is 0 Å².